The average molecular weight is 286 g/mol. The molecule has 1 rings (SSSR count). The van der Waals surface area contributed by atoms with E-state index in [1.54, 1.807) is 13.8 Å². The molecule has 0 bridgehead atoms. The first-order valence-electron chi connectivity index (χ1n) is 7.61. The monoisotopic (exact) mass is 286 g/mol. The maximum Gasteiger partial charge on any atom is 0.350 e. The molecule has 0 atom stereocenters. The first kappa shape index (κ1) is 17.0. The molecule has 5 heteroatoms. The van der Waals surface area contributed by atoms with E-state index >= 15 is 0 Å². The van der Waals surface area contributed by atoms with Crippen LogP contribution in [-0.2, 0) is 19.1 Å². The number of carbonyl (C=O) groups excluding carboxylic acids is 2. The molecule has 1 saturated carbocycles. The number of aliphatic hydroxyl groups is 1. The van der Waals surface area contributed by atoms with Crippen molar-refractivity contribution in [2.24, 2.45) is 5.92 Å². The lowest BCUT2D eigenvalue weighted by Crippen LogP contribution is -2.50. The maximum absolute atomic E-state index is 12.0. The summed E-state index contributed by atoms with van der Waals surface area (Å²) in [4.78, 5) is 23.9. The molecule has 0 aromatic rings. The number of hydrogen-bond donors (Lipinski definition) is 1. The third kappa shape index (κ3) is 4.47. The predicted octanol–water partition coefficient (Wildman–Crippen LogP) is 2.20. The van der Waals surface area contributed by atoms with Gasteiger partial charge >= 0.3 is 11.9 Å². The Labute approximate surface area is 120 Å². The van der Waals surface area contributed by atoms with Gasteiger partial charge in [0, 0.05) is 6.42 Å². The lowest BCUT2D eigenvalue weighted by molar-refractivity contribution is -0.185. The predicted molar refractivity (Wildman–Crippen MR) is 74.0 cm³/mol. The van der Waals surface area contributed by atoms with E-state index in [-0.39, 0.29) is 25.6 Å². The van der Waals surface area contributed by atoms with Gasteiger partial charge in [0.25, 0.3) is 5.60 Å². The molecule has 5 nitrogen and oxygen atoms in total. The first-order valence-corrected chi connectivity index (χ1v) is 7.61. The van der Waals surface area contributed by atoms with E-state index in [4.69, 9.17) is 9.47 Å². The van der Waals surface area contributed by atoms with Crippen molar-refractivity contribution in [1.29, 1.82) is 0 Å². The van der Waals surface area contributed by atoms with Crippen molar-refractivity contribution in [3.05, 3.63) is 0 Å². The van der Waals surface area contributed by atoms with Crippen LogP contribution in [0.3, 0.4) is 0 Å². The molecule has 0 heterocycles. The topological polar surface area (TPSA) is 72.8 Å². The molecule has 1 fully saturated rings. The summed E-state index contributed by atoms with van der Waals surface area (Å²) in [5, 5.41) is 10.5. The molecule has 0 aromatic carbocycles. The fourth-order valence-corrected chi connectivity index (χ4v) is 2.74. The van der Waals surface area contributed by atoms with Gasteiger partial charge in [0.15, 0.2) is 0 Å². The largest absolute Gasteiger partial charge is 0.463 e. The van der Waals surface area contributed by atoms with Crippen LogP contribution in [0.2, 0.25) is 0 Å². The zero-order valence-corrected chi connectivity index (χ0v) is 12.5. The summed E-state index contributed by atoms with van der Waals surface area (Å²) in [6.45, 7) is 3.56. The van der Waals surface area contributed by atoms with Gasteiger partial charge < -0.3 is 14.6 Å². The van der Waals surface area contributed by atoms with Crippen molar-refractivity contribution in [3.63, 3.8) is 0 Å². The van der Waals surface area contributed by atoms with Crippen LogP contribution in [-0.4, -0.2) is 35.9 Å². The molecule has 0 aliphatic heterocycles. The summed E-state index contributed by atoms with van der Waals surface area (Å²) in [6.07, 6.45) is 6.47. The Morgan fingerprint density at radius 2 is 1.45 bits per heavy atom. The summed E-state index contributed by atoms with van der Waals surface area (Å²) in [5.41, 5.74) is -2.15. The van der Waals surface area contributed by atoms with E-state index in [1.807, 2.05) is 0 Å². The Morgan fingerprint density at radius 3 is 1.85 bits per heavy atom. The van der Waals surface area contributed by atoms with Gasteiger partial charge in [-0.05, 0) is 19.8 Å². The van der Waals surface area contributed by atoms with Crippen LogP contribution in [0.1, 0.15) is 58.8 Å². The minimum Gasteiger partial charge on any atom is -0.463 e. The van der Waals surface area contributed by atoms with Crippen LogP contribution >= 0.6 is 0 Å². The second-order valence-corrected chi connectivity index (χ2v) is 5.36. The highest BCUT2D eigenvalue weighted by atomic mass is 16.6. The minimum absolute atomic E-state index is 0.102. The van der Waals surface area contributed by atoms with Gasteiger partial charge in [-0.1, -0.05) is 38.5 Å². The molecule has 0 saturated heterocycles. The van der Waals surface area contributed by atoms with E-state index in [9.17, 15) is 14.7 Å². The molecule has 116 valence electrons. The zero-order valence-electron chi connectivity index (χ0n) is 12.5. The second-order valence-electron chi connectivity index (χ2n) is 5.36. The molecule has 0 radical (unpaired) electrons. The Bertz CT molecular complexity index is 300. The molecular formula is C15H26O5. The smallest absolute Gasteiger partial charge is 0.350 e. The zero-order chi connectivity index (χ0) is 15.0. The van der Waals surface area contributed by atoms with Crippen molar-refractivity contribution in [2.75, 3.05) is 13.2 Å². The molecule has 0 unspecified atom stereocenters. The SMILES string of the molecule is CCOC(=O)C(O)(CC1CCCCCC1)C(=O)OCC. The van der Waals surface area contributed by atoms with Crippen LogP contribution in [0, 0.1) is 5.92 Å². The summed E-state index contributed by atoms with van der Waals surface area (Å²) in [6, 6.07) is 0. The Morgan fingerprint density at radius 1 is 1.00 bits per heavy atom. The van der Waals surface area contributed by atoms with Crippen molar-refractivity contribution < 1.29 is 24.2 Å². The average Bonchev–Trinajstić information content (AvgIpc) is 2.67. The number of ether oxygens (including phenoxy) is 2. The van der Waals surface area contributed by atoms with Crippen LogP contribution < -0.4 is 0 Å². The second kappa shape index (κ2) is 8.25. The fourth-order valence-electron chi connectivity index (χ4n) is 2.74. The molecule has 0 spiro atoms. The Balaban J connectivity index is 2.79. The van der Waals surface area contributed by atoms with Crippen LogP contribution in [0.25, 0.3) is 0 Å². The highest BCUT2D eigenvalue weighted by Crippen LogP contribution is 2.31. The highest BCUT2D eigenvalue weighted by molar-refractivity contribution is 6.03. The molecular weight excluding hydrogens is 260 g/mol. The van der Waals surface area contributed by atoms with Crippen molar-refractivity contribution >= 4 is 11.9 Å². The minimum atomic E-state index is -2.15. The van der Waals surface area contributed by atoms with Crippen LogP contribution in [0.4, 0.5) is 0 Å². The molecule has 1 N–H and O–H groups in total. The molecule has 0 amide bonds. The summed E-state index contributed by atoms with van der Waals surface area (Å²) >= 11 is 0. The van der Waals surface area contributed by atoms with Gasteiger partial charge in [-0.25, -0.2) is 9.59 Å². The summed E-state index contributed by atoms with van der Waals surface area (Å²) in [7, 11) is 0. The molecule has 1 aliphatic carbocycles. The van der Waals surface area contributed by atoms with Gasteiger partial charge in [-0.2, -0.15) is 0 Å². The number of esters is 2. The Hall–Kier alpha value is -1.10. The van der Waals surface area contributed by atoms with Crippen LogP contribution in [0.15, 0.2) is 0 Å². The number of carbonyl (C=O) groups is 2. The van der Waals surface area contributed by atoms with E-state index in [1.165, 1.54) is 12.8 Å². The van der Waals surface area contributed by atoms with Gasteiger partial charge in [0.05, 0.1) is 13.2 Å². The highest BCUT2D eigenvalue weighted by Gasteiger charge is 2.48. The molecule has 0 aromatic heterocycles. The van der Waals surface area contributed by atoms with Crippen molar-refractivity contribution in [1.82, 2.24) is 0 Å². The lowest BCUT2D eigenvalue weighted by Gasteiger charge is -2.27. The first-order chi connectivity index (χ1) is 9.54. The number of rotatable bonds is 6. The molecule has 20 heavy (non-hydrogen) atoms. The van der Waals surface area contributed by atoms with Crippen molar-refractivity contribution in [3.8, 4) is 0 Å². The van der Waals surface area contributed by atoms with Gasteiger partial charge in [-0.15, -0.1) is 0 Å². The van der Waals surface area contributed by atoms with Crippen molar-refractivity contribution in [2.45, 2.75) is 64.4 Å². The fraction of sp³-hybridized carbons (Fsp3) is 0.867. The quantitative estimate of drug-likeness (QED) is 0.460. The summed E-state index contributed by atoms with van der Waals surface area (Å²) < 4.78 is 9.72. The van der Waals surface area contributed by atoms with E-state index in [2.05, 4.69) is 0 Å². The van der Waals surface area contributed by atoms with E-state index < -0.39 is 17.5 Å². The van der Waals surface area contributed by atoms with E-state index in [0.717, 1.165) is 25.7 Å². The lowest BCUT2D eigenvalue weighted by atomic mass is 9.86. The third-order valence-electron chi connectivity index (χ3n) is 3.79. The summed E-state index contributed by atoms with van der Waals surface area (Å²) in [5.74, 6) is -1.61. The standard InChI is InChI=1S/C15H26O5/c1-3-19-13(16)15(18,14(17)20-4-2)11-12-9-7-5-6-8-10-12/h12,18H,3-11H2,1-2H3. The van der Waals surface area contributed by atoms with Gasteiger partial charge in [0.2, 0.25) is 0 Å². The normalized spacial score (nSPS) is 17.4. The Kier molecular flexibility index (Phi) is 6.99. The van der Waals surface area contributed by atoms with Gasteiger partial charge in [-0.3, -0.25) is 0 Å². The third-order valence-corrected chi connectivity index (χ3v) is 3.79. The van der Waals surface area contributed by atoms with Gasteiger partial charge in [0.1, 0.15) is 0 Å². The molecule has 1 aliphatic rings. The maximum atomic E-state index is 12.0. The number of hydrogen-bond acceptors (Lipinski definition) is 5. The van der Waals surface area contributed by atoms with E-state index in [0.29, 0.717) is 0 Å². The van der Waals surface area contributed by atoms with Crippen LogP contribution in [0.5, 0.6) is 0 Å².